The Labute approximate surface area is 265 Å². The van der Waals surface area contributed by atoms with Crippen LogP contribution in [-0.4, -0.2) is 53.3 Å². The number of hydrazine groups is 1. The Morgan fingerprint density at radius 3 is 2.20 bits per heavy atom. The number of nitrogens with two attached hydrogens (primary N) is 2. The van der Waals surface area contributed by atoms with Gasteiger partial charge in [-0.1, -0.05) is 104 Å². The Morgan fingerprint density at radius 2 is 1.59 bits per heavy atom. The summed E-state index contributed by atoms with van der Waals surface area (Å²) < 4.78 is 5.79. The van der Waals surface area contributed by atoms with Crippen molar-refractivity contribution in [1.82, 2.24) is 10.3 Å². The molecule has 1 fully saturated rings. The van der Waals surface area contributed by atoms with Gasteiger partial charge < -0.3 is 30.8 Å². The van der Waals surface area contributed by atoms with Crippen molar-refractivity contribution in [2.75, 3.05) is 18.1 Å². The molecule has 6 N–H and O–H groups in total. The number of nitrogens with zero attached hydrogens (tertiary/aromatic N) is 2. The molecule has 246 valence electrons. The number of hydrogen-bond acceptors (Lipinski definition) is 7. The number of carbonyl (C=O) groups excluding carboxylic acids is 2. The van der Waals surface area contributed by atoms with Crippen molar-refractivity contribution in [2.24, 2.45) is 11.6 Å². The van der Waals surface area contributed by atoms with E-state index >= 15 is 0 Å². The van der Waals surface area contributed by atoms with Crippen molar-refractivity contribution in [3.05, 3.63) is 65.2 Å². The predicted octanol–water partition coefficient (Wildman–Crippen LogP) is 5.81. The number of hydrogen-bond donors (Lipinski definition) is 4. The van der Waals surface area contributed by atoms with Crippen LogP contribution in [0.3, 0.4) is 0 Å². The second-order valence-electron chi connectivity index (χ2n) is 9.87. The summed E-state index contributed by atoms with van der Waals surface area (Å²) in [4.78, 5) is 27.5. The number of amides is 2. The molecule has 0 aromatic heterocycles. The Morgan fingerprint density at radius 1 is 0.977 bits per heavy atom. The molecule has 0 bridgehead atoms. The lowest BCUT2D eigenvalue weighted by Crippen LogP contribution is -2.48. The number of nitrogens with one attached hydrogen (secondary N) is 1. The summed E-state index contributed by atoms with van der Waals surface area (Å²) in [5.74, 6) is 6.41. The fourth-order valence-corrected chi connectivity index (χ4v) is 5.14. The van der Waals surface area contributed by atoms with E-state index in [2.05, 4.69) is 12.2 Å². The van der Waals surface area contributed by atoms with E-state index in [0.29, 0.717) is 35.6 Å². The van der Waals surface area contributed by atoms with Gasteiger partial charge in [0.2, 0.25) is 11.8 Å². The van der Waals surface area contributed by atoms with Gasteiger partial charge in [-0.05, 0) is 24.5 Å². The molecule has 0 saturated carbocycles. The van der Waals surface area contributed by atoms with Crippen LogP contribution >= 0.6 is 0 Å². The summed E-state index contributed by atoms with van der Waals surface area (Å²) in [7, 11) is 0. The summed E-state index contributed by atoms with van der Waals surface area (Å²) in [6.07, 6.45) is 1.72. The van der Waals surface area contributed by atoms with Gasteiger partial charge in [0.25, 0.3) is 0 Å². The standard InChI is InChI=1S/C29H39N5O4.3C2H6/c1-3-5-16-32-25(35)14-15-26(36)33-17-19-10-6-7-11-20(19)28(27(30)21-12-8-9-13-22(21)33)34(31)23-18-38-24(4-2)29(23)37;3*1-2/h6-13,23-24,29,37H,3-5,14-18,30-31H2,1-2H3,(H,32,35);3*1-2H3/b28-27-;;;. The minimum Gasteiger partial charge on any atom is -0.396 e. The first-order valence-electron chi connectivity index (χ1n) is 16.4. The first-order chi connectivity index (χ1) is 21.4. The van der Waals surface area contributed by atoms with E-state index in [-0.39, 0.29) is 43.9 Å². The molecule has 44 heavy (non-hydrogen) atoms. The molecule has 4 rings (SSSR count). The fraction of sp³-hybridized carbons (Fsp3) is 0.543. The van der Waals surface area contributed by atoms with Crippen molar-refractivity contribution in [1.29, 1.82) is 0 Å². The van der Waals surface area contributed by atoms with Crippen LogP contribution in [0.25, 0.3) is 11.4 Å². The largest absolute Gasteiger partial charge is 0.396 e. The van der Waals surface area contributed by atoms with Crippen LogP contribution in [0.15, 0.2) is 48.5 Å². The van der Waals surface area contributed by atoms with Crippen LogP contribution in [0.2, 0.25) is 0 Å². The molecule has 2 aliphatic rings. The number of benzene rings is 2. The van der Waals surface area contributed by atoms with Gasteiger partial charge in [-0.3, -0.25) is 9.59 Å². The van der Waals surface area contributed by atoms with Gasteiger partial charge in [0.05, 0.1) is 42.4 Å². The number of aliphatic hydroxyl groups excluding tert-OH is 1. The van der Waals surface area contributed by atoms with Gasteiger partial charge in [-0.25, -0.2) is 5.84 Å². The quantitative estimate of drug-likeness (QED) is 0.160. The molecule has 2 aliphatic heterocycles. The van der Waals surface area contributed by atoms with Gasteiger partial charge in [0.15, 0.2) is 0 Å². The van der Waals surface area contributed by atoms with Crippen molar-refractivity contribution < 1.29 is 19.4 Å². The molecular weight excluding hydrogens is 554 g/mol. The van der Waals surface area contributed by atoms with Crippen molar-refractivity contribution in [3.63, 3.8) is 0 Å². The number of aliphatic hydroxyl groups is 1. The molecule has 0 spiro atoms. The lowest BCUT2D eigenvalue weighted by Gasteiger charge is -2.35. The summed E-state index contributed by atoms with van der Waals surface area (Å²) in [5, 5.41) is 15.3. The molecule has 9 nitrogen and oxygen atoms in total. The Bertz CT molecular complexity index is 1190. The van der Waals surface area contributed by atoms with Gasteiger partial charge in [0.1, 0.15) is 6.10 Å². The molecule has 2 aromatic carbocycles. The maximum Gasteiger partial charge on any atom is 0.227 e. The highest BCUT2D eigenvalue weighted by Gasteiger charge is 2.40. The van der Waals surface area contributed by atoms with E-state index in [4.69, 9.17) is 16.3 Å². The predicted molar refractivity (Wildman–Crippen MR) is 182 cm³/mol. The highest BCUT2D eigenvalue weighted by atomic mass is 16.5. The lowest BCUT2D eigenvalue weighted by molar-refractivity contribution is -0.125. The van der Waals surface area contributed by atoms with E-state index in [9.17, 15) is 14.7 Å². The van der Waals surface area contributed by atoms with E-state index in [1.807, 2.05) is 97.0 Å². The van der Waals surface area contributed by atoms with Crippen molar-refractivity contribution >= 4 is 28.9 Å². The third kappa shape index (κ3) is 9.55. The van der Waals surface area contributed by atoms with E-state index in [0.717, 1.165) is 24.0 Å². The average molecular weight is 612 g/mol. The second-order valence-corrected chi connectivity index (χ2v) is 9.87. The fourth-order valence-electron chi connectivity index (χ4n) is 5.14. The minimum absolute atomic E-state index is 0.0813. The molecule has 3 unspecified atom stereocenters. The normalized spacial score (nSPS) is 20.0. The summed E-state index contributed by atoms with van der Waals surface area (Å²) in [5.41, 5.74) is 10.8. The third-order valence-electron chi connectivity index (χ3n) is 7.33. The molecule has 1 saturated heterocycles. The van der Waals surface area contributed by atoms with Crippen LogP contribution in [-0.2, 0) is 20.9 Å². The van der Waals surface area contributed by atoms with Crippen LogP contribution in [0.4, 0.5) is 5.69 Å². The zero-order valence-corrected chi connectivity index (χ0v) is 28.2. The average Bonchev–Trinajstić information content (AvgIpc) is 3.45. The Kier molecular flexibility index (Phi) is 18.0. The van der Waals surface area contributed by atoms with Crippen LogP contribution in [0.1, 0.15) is 104 Å². The molecule has 2 heterocycles. The first kappa shape index (κ1) is 38.6. The third-order valence-corrected chi connectivity index (χ3v) is 7.33. The zero-order chi connectivity index (χ0) is 33.2. The maximum atomic E-state index is 13.5. The second kappa shape index (κ2) is 20.5. The monoisotopic (exact) mass is 611 g/mol. The topological polar surface area (TPSA) is 134 Å². The molecule has 2 amide bonds. The molecule has 9 heteroatoms. The van der Waals surface area contributed by atoms with Crippen molar-refractivity contribution in [3.8, 4) is 0 Å². The van der Waals surface area contributed by atoms with Crippen LogP contribution in [0.5, 0.6) is 0 Å². The Hall–Kier alpha value is -3.40. The first-order valence-corrected chi connectivity index (χ1v) is 16.4. The maximum absolute atomic E-state index is 13.5. The number of ether oxygens (including phenoxy) is 1. The molecule has 0 radical (unpaired) electrons. The van der Waals surface area contributed by atoms with E-state index < -0.39 is 12.1 Å². The highest BCUT2D eigenvalue weighted by Crippen LogP contribution is 2.38. The molecular formula is C35H57N5O4. The smallest absolute Gasteiger partial charge is 0.227 e. The number of para-hydroxylation sites is 1. The van der Waals surface area contributed by atoms with Gasteiger partial charge in [-0.2, -0.15) is 0 Å². The zero-order valence-electron chi connectivity index (χ0n) is 28.2. The SMILES string of the molecule is CC.CC.CC.CCCCNC(=O)CCC(=O)N1Cc2ccccc2/C(N(N)C2COC(CC)C2O)=C(/N)c2ccccc21. The lowest BCUT2D eigenvalue weighted by atomic mass is 9.94. The summed E-state index contributed by atoms with van der Waals surface area (Å²) in [6.45, 7) is 17.2. The van der Waals surface area contributed by atoms with Gasteiger partial charge in [-0.15, -0.1) is 0 Å². The molecule has 0 aliphatic carbocycles. The van der Waals surface area contributed by atoms with E-state index in [1.54, 1.807) is 4.90 Å². The number of unbranched alkanes of at least 4 members (excludes halogenated alkanes) is 1. The van der Waals surface area contributed by atoms with Gasteiger partial charge >= 0.3 is 0 Å². The Balaban J connectivity index is 0.00000152. The number of anilines is 1. The molecule has 2 aromatic rings. The summed E-state index contributed by atoms with van der Waals surface area (Å²) >= 11 is 0. The number of fused-ring (bicyclic) bond motifs is 2. The van der Waals surface area contributed by atoms with E-state index in [1.165, 1.54) is 5.01 Å². The van der Waals surface area contributed by atoms with Crippen molar-refractivity contribution in [2.45, 2.75) is 112 Å². The van der Waals surface area contributed by atoms with Gasteiger partial charge in [0, 0.05) is 30.5 Å². The number of rotatable bonds is 9. The van der Waals surface area contributed by atoms with Crippen LogP contribution in [0, 0.1) is 0 Å². The molecule has 3 atom stereocenters. The number of carbonyl (C=O) groups is 2. The van der Waals surface area contributed by atoms with Crippen LogP contribution < -0.4 is 21.8 Å². The summed E-state index contributed by atoms with van der Waals surface area (Å²) in [6, 6.07) is 14.6. The highest BCUT2D eigenvalue weighted by molar-refractivity contribution is 6.01. The minimum atomic E-state index is -0.764.